The summed E-state index contributed by atoms with van der Waals surface area (Å²) in [4.78, 5) is 14.3. The molecule has 0 saturated carbocycles. The number of hydrogen-bond acceptors (Lipinski definition) is 4. The number of carbonyl (C=O) groups is 1. The standard InChI is InChI=1S/C11H16ClNO3S2/c1-4-8(2)13(3)10(14)7-9-5-6-11(17-9)18(12,15)16/h5-6,8H,4,7H2,1-3H3. The monoisotopic (exact) mass is 309 g/mol. The smallest absolute Gasteiger partial charge is 0.270 e. The molecular weight excluding hydrogens is 294 g/mol. The maximum Gasteiger partial charge on any atom is 0.270 e. The van der Waals surface area contributed by atoms with E-state index in [9.17, 15) is 13.2 Å². The Morgan fingerprint density at radius 3 is 2.56 bits per heavy atom. The Morgan fingerprint density at radius 2 is 2.11 bits per heavy atom. The van der Waals surface area contributed by atoms with Gasteiger partial charge in [-0.05, 0) is 25.5 Å². The van der Waals surface area contributed by atoms with Crippen LogP contribution in [0.15, 0.2) is 16.3 Å². The second kappa shape index (κ2) is 6.04. The van der Waals surface area contributed by atoms with Crippen LogP contribution in [0, 0.1) is 0 Å². The zero-order valence-corrected chi connectivity index (χ0v) is 12.9. The summed E-state index contributed by atoms with van der Waals surface area (Å²) in [5.74, 6) is -0.0234. The molecule has 0 saturated heterocycles. The largest absolute Gasteiger partial charge is 0.343 e. The minimum atomic E-state index is -3.69. The molecule has 0 aliphatic rings. The highest BCUT2D eigenvalue weighted by molar-refractivity contribution is 8.15. The van der Waals surface area contributed by atoms with Crippen molar-refractivity contribution in [3.63, 3.8) is 0 Å². The lowest BCUT2D eigenvalue weighted by Gasteiger charge is -2.23. The Balaban J connectivity index is 2.74. The van der Waals surface area contributed by atoms with E-state index in [0.29, 0.717) is 4.88 Å². The zero-order valence-electron chi connectivity index (χ0n) is 10.5. The summed E-state index contributed by atoms with van der Waals surface area (Å²) >= 11 is 1.04. The zero-order chi connectivity index (χ0) is 13.9. The molecule has 1 aromatic heterocycles. The minimum Gasteiger partial charge on any atom is -0.343 e. The van der Waals surface area contributed by atoms with Gasteiger partial charge in [-0.15, -0.1) is 11.3 Å². The number of thiophene rings is 1. The molecule has 1 unspecified atom stereocenters. The van der Waals surface area contributed by atoms with Crippen LogP contribution in [0.2, 0.25) is 0 Å². The number of nitrogens with zero attached hydrogens (tertiary/aromatic N) is 1. The first-order valence-electron chi connectivity index (χ1n) is 5.54. The van der Waals surface area contributed by atoms with E-state index in [1.54, 1.807) is 18.0 Å². The van der Waals surface area contributed by atoms with Gasteiger partial charge in [0.15, 0.2) is 0 Å². The number of carbonyl (C=O) groups excluding carboxylic acids is 1. The van der Waals surface area contributed by atoms with E-state index < -0.39 is 9.05 Å². The molecule has 0 N–H and O–H groups in total. The Bertz CT molecular complexity index is 524. The first kappa shape index (κ1) is 15.5. The lowest BCUT2D eigenvalue weighted by Crippen LogP contribution is -2.35. The molecule has 1 aromatic rings. The topological polar surface area (TPSA) is 54.5 Å². The Hall–Kier alpha value is -0.590. The van der Waals surface area contributed by atoms with E-state index in [1.807, 2.05) is 13.8 Å². The average Bonchev–Trinajstić information content (AvgIpc) is 2.75. The van der Waals surface area contributed by atoms with Crippen molar-refractivity contribution in [1.82, 2.24) is 4.90 Å². The van der Waals surface area contributed by atoms with Crippen molar-refractivity contribution in [1.29, 1.82) is 0 Å². The van der Waals surface area contributed by atoms with E-state index in [1.165, 1.54) is 6.07 Å². The number of hydrogen-bond donors (Lipinski definition) is 0. The quantitative estimate of drug-likeness (QED) is 0.785. The molecule has 0 bridgehead atoms. The molecule has 0 spiro atoms. The Labute approximate surface area is 116 Å². The molecule has 1 atom stereocenters. The second-order valence-corrected chi connectivity index (χ2v) is 8.06. The summed E-state index contributed by atoms with van der Waals surface area (Å²) in [6, 6.07) is 3.23. The maximum absolute atomic E-state index is 11.9. The van der Waals surface area contributed by atoms with E-state index in [-0.39, 0.29) is 22.6 Å². The molecule has 4 nitrogen and oxygen atoms in total. The van der Waals surface area contributed by atoms with Crippen LogP contribution in [0.5, 0.6) is 0 Å². The van der Waals surface area contributed by atoms with E-state index in [0.717, 1.165) is 17.8 Å². The van der Waals surface area contributed by atoms with Gasteiger partial charge in [-0.1, -0.05) is 6.92 Å². The summed E-state index contributed by atoms with van der Waals surface area (Å²) in [6.07, 6.45) is 1.09. The normalized spacial score (nSPS) is 13.3. The van der Waals surface area contributed by atoms with Crippen molar-refractivity contribution in [3.05, 3.63) is 17.0 Å². The molecule has 102 valence electrons. The van der Waals surface area contributed by atoms with E-state index in [4.69, 9.17) is 10.7 Å². The Kier molecular flexibility index (Phi) is 5.19. The van der Waals surface area contributed by atoms with Crippen LogP contribution in [-0.2, 0) is 20.3 Å². The molecule has 1 heterocycles. The fraction of sp³-hybridized carbons (Fsp3) is 0.545. The van der Waals surface area contributed by atoms with Gasteiger partial charge < -0.3 is 4.90 Å². The molecule has 7 heteroatoms. The van der Waals surface area contributed by atoms with Crippen molar-refractivity contribution in [2.45, 2.75) is 36.9 Å². The van der Waals surface area contributed by atoms with Gasteiger partial charge in [-0.25, -0.2) is 8.42 Å². The van der Waals surface area contributed by atoms with Crippen LogP contribution < -0.4 is 0 Å². The van der Waals surface area contributed by atoms with Gasteiger partial charge in [0.2, 0.25) is 5.91 Å². The fourth-order valence-corrected chi connectivity index (χ4v) is 3.49. The van der Waals surface area contributed by atoms with Crippen LogP contribution in [0.3, 0.4) is 0 Å². The van der Waals surface area contributed by atoms with Gasteiger partial charge in [0.1, 0.15) is 4.21 Å². The molecule has 0 radical (unpaired) electrons. The molecule has 18 heavy (non-hydrogen) atoms. The number of halogens is 1. The highest BCUT2D eigenvalue weighted by atomic mass is 35.7. The van der Waals surface area contributed by atoms with Gasteiger partial charge in [-0.2, -0.15) is 0 Å². The summed E-state index contributed by atoms with van der Waals surface area (Å²) in [5.41, 5.74) is 0. The van der Waals surface area contributed by atoms with Crippen molar-refractivity contribution >= 4 is 37.0 Å². The lowest BCUT2D eigenvalue weighted by molar-refractivity contribution is -0.130. The lowest BCUT2D eigenvalue weighted by atomic mass is 10.2. The first-order valence-corrected chi connectivity index (χ1v) is 8.67. The third kappa shape index (κ3) is 3.96. The highest BCUT2D eigenvalue weighted by Gasteiger charge is 2.18. The maximum atomic E-state index is 11.9. The second-order valence-electron chi connectivity index (χ2n) is 4.10. The van der Waals surface area contributed by atoms with E-state index >= 15 is 0 Å². The van der Waals surface area contributed by atoms with Crippen LogP contribution in [0.25, 0.3) is 0 Å². The molecule has 1 amide bonds. The predicted molar refractivity (Wildman–Crippen MR) is 73.6 cm³/mol. The van der Waals surface area contributed by atoms with Crippen LogP contribution in [-0.4, -0.2) is 32.3 Å². The fourth-order valence-electron chi connectivity index (χ4n) is 1.38. The molecule has 0 aromatic carbocycles. The van der Waals surface area contributed by atoms with Crippen LogP contribution >= 0.6 is 22.0 Å². The van der Waals surface area contributed by atoms with Gasteiger partial charge in [0.25, 0.3) is 9.05 Å². The summed E-state index contributed by atoms with van der Waals surface area (Å²) < 4.78 is 22.3. The van der Waals surface area contributed by atoms with Gasteiger partial charge in [0.05, 0.1) is 6.42 Å². The van der Waals surface area contributed by atoms with Gasteiger partial charge in [0, 0.05) is 28.6 Å². The van der Waals surface area contributed by atoms with E-state index in [2.05, 4.69) is 0 Å². The third-order valence-corrected chi connectivity index (χ3v) is 6.03. The van der Waals surface area contributed by atoms with Crippen molar-refractivity contribution < 1.29 is 13.2 Å². The summed E-state index contributed by atoms with van der Waals surface area (Å²) in [6.45, 7) is 3.98. The van der Waals surface area contributed by atoms with Crippen molar-refractivity contribution in [2.24, 2.45) is 0 Å². The molecule has 0 aliphatic heterocycles. The third-order valence-electron chi connectivity index (χ3n) is 2.85. The number of likely N-dealkylation sites (N-methyl/N-ethyl adjacent to an activating group) is 1. The average molecular weight is 310 g/mol. The number of rotatable bonds is 5. The molecule has 0 aliphatic carbocycles. The highest BCUT2D eigenvalue weighted by Crippen LogP contribution is 2.25. The van der Waals surface area contributed by atoms with Crippen molar-refractivity contribution in [3.8, 4) is 0 Å². The van der Waals surface area contributed by atoms with Gasteiger partial charge >= 0.3 is 0 Å². The summed E-state index contributed by atoms with van der Waals surface area (Å²) in [7, 11) is 3.29. The van der Waals surface area contributed by atoms with Crippen molar-refractivity contribution in [2.75, 3.05) is 7.05 Å². The number of amides is 1. The summed E-state index contributed by atoms with van der Waals surface area (Å²) in [5, 5.41) is 0. The molecule has 1 rings (SSSR count). The minimum absolute atomic E-state index is 0.0234. The molecule has 0 fully saturated rings. The SMILES string of the molecule is CCC(C)N(C)C(=O)Cc1ccc(S(=O)(=O)Cl)s1. The van der Waals surface area contributed by atoms with Gasteiger partial charge in [-0.3, -0.25) is 4.79 Å². The predicted octanol–water partition coefficient (Wildman–Crippen LogP) is 2.48. The van der Waals surface area contributed by atoms with Crippen LogP contribution in [0.1, 0.15) is 25.1 Å². The molecular formula is C11H16ClNO3S2. The van der Waals surface area contributed by atoms with Crippen LogP contribution in [0.4, 0.5) is 0 Å². The Morgan fingerprint density at radius 1 is 1.50 bits per heavy atom. The first-order chi connectivity index (χ1) is 8.25.